The van der Waals surface area contributed by atoms with Crippen molar-refractivity contribution in [1.29, 1.82) is 0 Å². The Bertz CT molecular complexity index is 1070. The van der Waals surface area contributed by atoms with Crippen LogP contribution in [0.5, 0.6) is 5.75 Å². The molecule has 0 saturated heterocycles. The van der Waals surface area contributed by atoms with Crippen molar-refractivity contribution < 1.29 is 18.9 Å². The molecule has 3 aromatic rings. The lowest BCUT2D eigenvalue weighted by Gasteiger charge is -2.20. The summed E-state index contributed by atoms with van der Waals surface area (Å²) in [7, 11) is 0. The Balaban J connectivity index is 1.43. The molecular formula is C20H17ClN4O5. The third-order valence-corrected chi connectivity index (χ3v) is 4.84. The van der Waals surface area contributed by atoms with Gasteiger partial charge in [0.1, 0.15) is 0 Å². The van der Waals surface area contributed by atoms with Gasteiger partial charge in [0.05, 0.1) is 11.5 Å². The molecule has 2 aromatic carbocycles. The van der Waals surface area contributed by atoms with Crippen LogP contribution in [0.1, 0.15) is 18.7 Å². The van der Waals surface area contributed by atoms with Crippen LogP contribution in [0.3, 0.4) is 0 Å². The lowest BCUT2D eigenvalue weighted by Crippen LogP contribution is -2.36. The maximum absolute atomic E-state index is 12.7. The van der Waals surface area contributed by atoms with Crippen LogP contribution in [0.25, 0.3) is 11.5 Å². The van der Waals surface area contributed by atoms with Gasteiger partial charge >= 0.3 is 5.69 Å². The molecule has 4 rings (SSSR count). The number of hydrogen-bond acceptors (Lipinski definition) is 7. The van der Waals surface area contributed by atoms with Crippen LogP contribution in [0.15, 0.2) is 52.9 Å². The first-order valence-corrected chi connectivity index (χ1v) is 9.63. The Morgan fingerprint density at radius 1 is 1.20 bits per heavy atom. The number of halogens is 1. The molecule has 1 saturated carbocycles. The van der Waals surface area contributed by atoms with Crippen LogP contribution in [0, 0.1) is 10.1 Å². The molecule has 0 aliphatic heterocycles. The SMILES string of the molecule is O=C(COc1ccccc1[N+](=O)[O-])N(Cc1nnc(-c2ccc(Cl)cc2)o1)C1CC1. The molecule has 10 heteroatoms. The summed E-state index contributed by atoms with van der Waals surface area (Å²) >= 11 is 5.89. The van der Waals surface area contributed by atoms with E-state index in [0.717, 1.165) is 18.4 Å². The van der Waals surface area contributed by atoms with E-state index in [-0.39, 0.29) is 36.5 Å². The lowest BCUT2D eigenvalue weighted by molar-refractivity contribution is -0.385. The van der Waals surface area contributed by atoms with E-state index in [9.17, 15) is 14.9 Å². The molecule has 0 atom stereocenters. The van der Waals surface area contributed by atoms with Gasteiger partial charge in [-0.15, -0.1) is 10.2 Å². The molecule has 9 nitrogen and oxygen atoms in total. The molecule has 1 fully saturated rings. The molecule has 1 aromatic heterocycles. The van der Waals surface area contributed by atoms with Gasteiger partial charge in [0, 0.05) is 22.7 Å². The second-order valence-electron chi connectivity index (χ2n) is 6.77. The average Bonchev–Trinajstić information content (AvgIpc) is 3.48. The van der Waals surface area contributed by atoms with Gasteiger partial charge in [-0.1, -0.05) is 23.7 Å². The van der Waals surface area contributed by atoms with Crippen LogP contribution in [-0.2, 0) is 11.3 Å². The van der Waals surface area contributed by atoms with Crippen molar-refractivity contribution in [3.05, 3.63) is 69.6 Å². The van der Waals surface area contributed by atoms with Crippen molar-refractivity contribution in [3.63, 3.8) is 0 Å². The third kappa shape index (κ3) is 4.57. The number of nitro benzene ring substituents is 1. The van der Waals surface area contributed by atoms with Crippen molar-refractivity contribution in [2.45, 2.75) is 25.4 Å². The number of para-hydroxylation sites is 2. The van der Waals surface area contributed by atoms with Gasteiger partial charge in [0.2, 0.25) is 11.8 Å². The van der Waals surface area contributed by atoms with Gasteiger partial charge in [0.25, 0.3) is 5.91 Å². The van der Waals surface area contributed by atoms with Crippen molar-refractivity contribution in [1.82, 2.24) is 15.1 Å². The fourth-order valence-corrected chi connectivity index (χ4v) is 3.06. The maximum Gasteiger partial charge on any atom is 0.310 e. The summed E-state index contributed by atoms with van der Waals surface area (Å²) in [6.45, 7) is -0.177. The molecule has 0 unspecified atom stereocenters. The Labute approximate surface area is 176 Å². The van der Waals surface area contributed by atoms with Crippen LogP contribution < -0.4 is 4.74 Å². The predicted molar refractivity (Wildman–Crippen MR) is 107 cm³/mol. The van der Waals surface area contributed by atoms with Gasteiger partial charge in [-0.05, 0) is 43.2 Å². The Kier molecular flexibility index (Phi) is 5.62. The van der Waals surface area contributed by atoms with E-state index in [1.807, 2.05) is 0 Å². The van der Waals surface area contributed by atoms with Gasteiger partial charge in [-0.3, -0.25) is 14.9 Å². The quantitative estimate of drug-likeness (QED) is 0.395. The number of hydrogen-bond donors (Lipinski definition) is 0. The highest BCUT2D eigenvalue weighted by Crippen LogP contribution is 2.30. The van der Waals surface area contributed by atoms with Crippen LogP contribution >= 0.6 is 11.6 Å². The van der Waals surface area contributed by atoms with Gasteiger partial charge in [0.15, 0.2) is 12.4 Å². The zero-order valence-corrected chi connectivity index (χ0v) is 16.5. The first-order valence-electron chi connectivity index (χ1n) is 9.25. The smallest absolute Gasteiger partial charge is 0.310 e. The van der Waals surface area contributed by atoms with Crippen molar-refractivity contribution in [2.75, 3.05) is 6.61 Å². The standard InChI is InChI=1S/C20H17ClN4O5/c21-14-7-5-13(6-8-14)20-23-22-18(30-20)11-24(15-9-10-15)19(26)12-29-17-4-2-1-3-16(17)25(27)28/h1-8,15H,9-12H2. The number of ether oxygens (including phenoxy) is 1. The molecule has 0 spiro atoms. The summed E-state index contributed by atoms with van der Waals surface area (Å²) in [6, 6.07) is 13.0. The molecule has 0 radical (unpaired) electrons. The topological polar surface area (TPSA) is 112 Å². The molecule has 1 aliphatic rings. The van der Waals surface area contributed by atoms with Crippen molar-refractivity contribution in [2.24, 2.45) is 0 Å². The second kappa shape index (κ2) is 8.50. The van der Waals surface area contributed by atoms with E-state index >= 15 is 0 Å². The minimum atomic E-state index is -0.546. The summed E-state index contributed by atoms with van der Waals surface area (Å²) in [5.74, 6) is 0.378. The minimum absolute atomic E-state index is 0.0504. The molecule has 0 N–H and O–H groups in total. The largest absolute Gasteiger partial charge is 0.477 e. The number of nitrogens with zero attached hydrogens (tertiary/aromatic N) is 4. The fourth-order valence-electron chi connectivity index (χ4n) is 2.93. The Morgan fingerprint density at radius 3 is 2.63 bits per heavy atom. The van der Waals surface area contributed by atoms with Gasteiger partial charge in [-0.25, -0.2) is 0 Å². The van der Waals surface area contributed by atoms with Crippen molar-refractivity contribution in [3.8, 4) is 17.2 Å². The first kappa shape index (κ1) is 19.8. The number of aromatic nitrogens is 2. The molecule has 1 aliphatic carbocycles. The summed E-state index contributed by atoms with van der Waals surface area (Å²) in [5.41, 5.74) is 0.537. The van der Waals surface area contributed by atoms with Gasteiger partial charge < -0.3 is 14.1 Å². The van der Waals surface area contributed by atoms with Crippen LogP contribution in [0.2, 0.25) is 5.02 Å². The normalized spacial score (nSPS) is 13.1. The highest BCUT2D eigenvalue weighted by atomic mass is 35.5. The number of amides is 1. The highest BCUT2D eigenvalue weighted by Gasteiger charge is 2.34. The van der Waals surface area contributed by atoms with Crippen LogP contribution in [0.4, 0.5) is 5.69 Å². The highest BCUT2D eigenvalue weighted by molar-refractivity contribution is 6.30. The Hall–Kier alpha value is -3.46. The van der Waals surface area contributed by atoms with E-state index in [2.05, 4.69) is 10.2 Å². The number of carbonyl (C=O) groups excluding carboxylic acids is 1. The average molecular weight is 429 g/mol. The zero-order chi connectivity index (χ0) is 21.1. The first-order chi connectivity index (χ1) is 14.5. The molecule has 30 heavy (non-hydrogen) atoms. The van der Waals surface area contributed by atoms with Crippen LogP contribution in [-0.4, -0.2) is 38.6 Å². The van der Waals surface area contributed by atoms with E-state index in [4.69, 9.17) is 20.8 Å². The number of carbonyl (C=O) groups is 1. The lowest BCUT2D eigenvalue weighted by atomic mass is 10.2. The number of nitro groups is 1. The number of rotatable bonds is 8. The zero-order valence-electron chi connectivity index (χ0n) is 15.7. The summed E-state index contributed by atoms with van der Waals surface area (Å²) in [4.78, 5) is 24.9. The molecular weight excluding hydrogens is 412 g/mol. The second-order valence-corrected chi connectivity index (χ2v) is 7.21. The minimum Gasteiger partial charge on any atom is -0.477 e. The van der Waals surface area contributed by atoms with E-state index < -0.39 is 4.92 Å². The molecule has 0 bridgehead atoms. The molecule has 154 valence electrons. The number of benzene rings is 2. The summed E-state index contributed by atoms with van der Waals surface area (Å²) in [5, 5.41) is 19.8. The van der Waals surface area contributed by atoms with Crippen molar-refractivity contribution >= 4 is 23.2 Å². The van der Waals surface area contributed by atoms with E-state index in [1.165, 1.54) is 18.2 Å². The molecule has 1 amide bonds. The summed E-state index contributed by atoms with van der Waals surface area (Å²) < 4.78 is 11.1. The van der Waals surface area contributed by atoms with E-state index in [0.29, 0.717) is 16.8 Å². The Morgan fingerprint density at radius 2 is 1.93 bits per heavy atom. The maximum atomic E-state index is 12.7. The summed E-state index contributed by atoms with van der Waals surface area (Å²) in [6.07, 6.45) is 1.74. The monoisotopic (exact) mass is 428 g/mol. The molecule has 1 heterocycles. The van der Waals surface area contributed by atoms with Gasteiger partial charge in [-0.2, -0.15) is 0 Å². The predicted octanol–water partition coefficient (Wildman–Crippen LogP) is 3.87. The van der Waals surface area contributed by atoms with E-state index in [1.54, 1.807) is 35.2 Å². The fraction of sp³-hybridized carbons (Fsp3) is 0.250. The third-order valence-electron chi connectivity index (χ3n) is 4.58.